The molecular formula is C12H23AuClO2. The van der Waals surface area contributed by atoms with Gasteiger partial charge < -0.3 is 5.11 Å². The zero-order valence-electron chi connectivity index (χ0n) is 9.98. The van der Waals surface area contributed by atoms with E-state index in [4.69, 9.17) is 16.7 Å². The Morgan fingerprint density at radius 1 is 1.06 bits per heavy atom. The number of carboxylic acids is 1. The summed E-state index contributed by atoms with van der Waals surface area (Å²) in [7, 11) is 0. The monoisotopic (exact) mass is 431 g/mol. The minimum atomic E-state index is -0.889. The molecule has 16 heavy (non-hydrogen) atoms. The van der Waals surface area contributed by atoms with Crippen molar-refractivity contribution in [1.29, 1.82) is 0 Å². The largest absolute Gasteiger partial charge is 0.480 e. The molecular weight excluding hydrogens is 409 g/mol. The van der Waals surface area contributed by atoms with E-state index in [1.807, 2.05) is 0 Å². The maximum Gasteiger partial charge on any atom is 0.321 e. The molecule has 0 spiro atoms. The summed E-state index contributed by atoms with van der Waals surface area (Å²) in [5.74, 6) is -0.889. The molecule has 4 heteroatoms. The fourth-order valence-electron chi connectivity index (χ4n) is 1.58. The van der Waals surface area contributed by atoms with Crippen molar-refractivity contribution in [1.82, 2.24) is 0 Å². The quantitative estimate of drug-likeness (QED) is 0.320. The van der Waals surface area contributed by atoms with E-state index in [0.717, 1.165) is 12.8 Å². The summed E-state index contributed by atoms with van der Waals surface area (Å²) in [4.78, 5) is 10.4. The van der Waals surface area contributed by atoms with Crippen LogP contribution < -0.4 is 0 Å². The van der Waals surface area contributed by atoms with Crippen molar-refractivity contribution in [3.63, 3.8) is 0 Å². The van der Waals surface area contributed by atoms with Crippen LogP contribution in [0.3, 0.4) is 0 Å². The molecule has 0 aliphatic rings. The van der Waals surface area contributed by atoms with Crippen LogP contribution in [0.25, 0.3) is 0 Å². The molecule has 101 valence electrons. The van der Waals surface area contributed by atoms with Gasteiger partial charge in [-0.3, -0.25) is 4.79 Å². The first-order valence-electron chi connectivity index (χ1n) is 6.05. The second-order valence-corrected chi connectivity index (χ2v) is 4.60. The Kier molecular flexibility index (Phi) is 16.0. The van der Waals surface area contributed by atoms with Gasteiger partial charge >= 0.3 is 5.97 Å². The van der Waals surface area contributed by atoms with Gasteiger partial charge in [0.15, 0.2) is 0 Å². The average molecular weight is 432 g/mol. The summed E-state index contributed by atoms with van der Waals surface area (Å²) in [6.45, 7) is 2.21. The number of carboxylic acid groups (broad SMARTS) is 1. The first-order valence-corrected chi connectivity index (χ1v) is 6.49. The van der Waals surface area contributed by atoms with E-state index in [1.165, 1.54) is 38.5 Å². The summed E-state index contributed by atoms with van der Waals surface area (Å²) >= 11 is 5.60. The second kappa shape index (κ2) is 13.6. The van der Waals surface area contributed by atoms with Crippen LogP contribution in [-0.4, -0.2) is 16.5 Å². The first-order chi connectivity index (χ1) is 7.18. The van der Waals surface area contributed by atoms with Gasteiger partial charge in [-0.05, 0) is 6.42 Å². The number of aliphatic carboxylic acids is 1. The summed E-state index contributed by atoms with van der Waals surface area (Å²) in [6, 6.07) is 0. The molecule has 0 saturated carbocycles. The van der Waals surface area contributed by atoms with Crippen LogP contribution in [0.4, 0.5) is 0 Å². The third-order valence-corrected chi connectivity index (χ3v) is 2.98. The molecule has 0 aromatic rings. The third-order valence-electron chi connectivity index (χ3n) is 2.58. The van der Waals surface area contributed by atoms with E-state index >= 15 is 0 Å². The molecule has 0 fully saturated rings. The fourth-order valence-corrected chi connectivity index (χ4v) is 1.74. The molecule has 1 atom stereocenters. The molecule has 0 rings (SSSR count). The number of alkyl halides is 1. The Labute approximate surface area is 120 Å². The van der Waals surface area contributed by atoms with Gasteiger partial charge in [-0.15, -0.1) is 11.6 Å². The van der Waals surface area contributed by atoms with Gasteiger partial charge in [-0.1, -0.05) is 58.3 Å². The summed E-state index contributed by atoms with van der Waals surface area (Å²) < 4.78 is 0. The van der Waals surface area contributed by atoms with Crippen LogP contribution in [0.2, 0.25) is 0 Å². The van der Waals surface area contributed by atoms with E-state index < -0.39 is 11.3 Å². The molecule has 0 saturated heterocycles. The van der Waals surface area contributed by atoms with Crippen molar-refractivity contribution >= 4 is 17.6 Å². The van der Waals surface area contributed by atoms with Crippen LogP contribution in [0.5, 0.6) is 0 Å². The van der Waals surface area contributed by atoms with Gasteiger partial charge in [0.2, 0.25) is 0 Å². The summed E-state index contributed by atoms with van der Waals surface area (Å²) in [5.41, 5.74) is 0. The normalized spacial score (nSPS) is 11.9. The molecule has 1 radical (unpaired) electrons. The van der Waals surface area contributed by atoms with Crippen LogP contribution >= 0.6 is 11.6 Å². The zero-order valence-corrected chi connectivity index (χ0v) is 12.9. The Bertz CT molecular complexity index is 165. The van der Waals surface area contributed by atoms with Crippen molar-refractivity contribution in [2.24, 2.45) is 0 Å². The van der Waals surface area contributed by atoms with E-state index in [0.29, 0.717) is 6.42 Å². The van der Waals surface area contributed by atoms with Crippen molar-refractivity contribution < 1.29 is 32.3 Å². The van der Waals surface area contributed by atoms with E-state index in [2.05, 4.69) is 6.92 Å². The maximum absolute atomic E-state index is 10.4. The molecule has 0 aromatic heterocycles. The third kappa shape index (κ3) is 12.6. The minimum absolute atomic E-state index is 0. The maximum atomic E-state index is 10.4. The van der Waals surface area contributed by atoms with Gasteiger partial charge in [-0.25, -0.2) is 0 Å². The Balaban J connectivity index is 0. The number of unbranched alkanes of at least 4 members (excludes halogenated alkanes) is 7. The summed E-state index contributed by atoms with van der Waals surface area (Å²) in [6.07, 6.45) is 10.4. The summed E-state index contributed by atoms with van der Waals surface area (Å²) in [5, 5.41) is 7.86. The molecule has 0 aliphatic heterocycles. The zero-order chi connectivity index (χ0) is 11.5. The van der Waals surface area contributed by atoms with Gasteiger partial charge in [0.1, 0.15) is 5.38 Å². The molecule has 0 aromatic carbocycles. The molecule has 0 heterocycles. The number of carbonyl (C=O) groups is 1. The van der Waals surface area contributed by atoms with Gasteiger partial charge in [0, 0.05) is 22.4 Å². The Morgan fingerprint density at radius 3 is 1.94 bits per heavy atom. The van der Waals surface area contributed by atoms with Crippen LogP contribution in [0.15, 0.2) is 0 Å². The predicted molar refractivity (Wildman–Crippen MR) is 64.5 cm³/mol. The molecule has 1 unspecified atom stereocenters. The van der Waals surface area contributed by atoms with Crippen molar-refractivity contribution in [3.05, 3.63) is 0 Å². The average Bonchev–Trinajstić information content (AvgIpc) is 2.21. The van der Waals surface area contributed by atoms with Crippen LogP contribution in [0.1, 0.15) is 64.7 Å². The van der Waals surface area contributed by atoms with Gasteiger partial charge in [0.25, 0.3) is 0 Å². The van der Waals surface area contributed by atoms with Crippen molar-refractivity contribution in [2.75, 3.05) is 0 Å². The van der Waals surface area contributed by atoms with Crippen molar-refractivity contribution in [3.8, 4) is 0 Å². The van der Waals surface area contributed by atoms with Crippen LogP contribution in [0, 0.1) is 0 Å². The van der Waals surface area contributed by atoms with E-state index in [9.17, 15) is 4.79 Å². The van der Waals surface area contributed by atoms with Gasteiger partial charge in [0.05, 0.1) is 0 Å². The SMILES string of the molecule is CCCCCCCCCCC(Cl)C(=O)O.[Au]. The van der Waals surface area contributed by atoms with Crippen LogP contribution in [-0.2, 0) is 27.2 Å². The van der Waals surface area contributed by atoms with Gasteiger partial charge in [-0.2, -0.15) is 0 Å². The number of hydrogen-bond acceptors (Lipinski definition) is 1. The van der Waals surface area contributed by atoms with E-state index in [-0.39, 0.29) is 22.4 Å². The van der Waals surface area contributed by atoms with Crippen molar-refractivity contribution in [2.45, 2.75) is 70.1 Å². The number of hydrogen-bond donors (Lipinski definition) is 1. The molecule has 2 nitrogen and oxygen atoms in total. The molecule has 0 aliphatic carbocycles. The standard InChI is InChI=1S/C12H23ClO2.Au/c1-2-3-4-5-6-7-8-9-10-11(13)12(14)15;/h11H,2-10H2,1H3,(H,14,15);. The Morgan fingerprint density at radius 2 is 1.50 bits per heavy atom. The Hall–Kier alpha value is 0.500. The molecule has 1 N–H and O–H groups in total. The minimum Gasteiger partial charge on any atom is -0.480 e. The smallest absolute Gasteiger partial charge is 0.321 e. The fraction of sp³-hybridized carbons (Fsp3) is 0.917. The molecule has 0 bridgehead atoms. The predicted octanol–water partition coefficient (Wildman–Crippen LogP) is 4.21. The van der Waals surface area contributed by atoms with E-state index in [1.54, 1.807) is 0 Å². The topological polar surface area (TPSA) is 37.3 Å². The first kappa shape index (κ1) is 18.9. The second-order valence-electron chi connectivity index (χ2n) is 4.07. The number of rotatable bonds is 10. The number of halogens is 1. The molecule has 0 amide bonds.